The molecular weight excluding hydrogens is 1080 g/mol. The molecule has 13 aromatic carbocycles. The topological polar surface area (TPSA) is 29.5 Å². The maximum atomic E-state index is 7.46. The van der Waals surface area contributed by atoms with Gasteiger partial charge in [-0.25, -0.2) is 0 Å². The number of benzene rings is 13. The summed E-state index contributed by atoms with van der Waals surface area (Å²) in [7, 11) is 0. The first-order valence-electron chi connectivity index (χ1n) is 31.3. The Morgan fingerprint density at radius 3 is 1.35 bits per heavy atom. The Labute approximate surface area is 517 Å². The summed E-state index contributed by atoms with van der Waals surface area (Å²) in [6.07, 6.45) is 0. The maximum absolute atomic E-state index is 7.46. The molecule has 0 spiro atoms. The summed E-state index contributed by atoms with van der Waals surface area (Å²) < 4.78 is 14.0. The van der Waals surface area contributed by atoms with E-state index in [9.17, 15) is 0 Å². The molecule has 3 nitrogen and oxygen atoms in total. The van der Waals surface area contributed by atoms with Crippen molar-refractivity contribution in [2.24, 2.45) is 0 Å². The van der Waals surface area contributed by atoms with Crippen LogP contribution in [0.5, 0.6) is 0 Å². The number of para-hydroxylation sites is 3. The highest BCUT2D eigenvalue weighted by Gasteiger charge is 2.57. The van der Waals surface area contributed by atoms with E-state index in [4.69, 9.17) is 8.83 Å². The number of anilines is 3. The summed E-state index contributed by atoms with van der Waals surface area (Å²) in [5, 5.41) is 4.63. The third-order valence-corrected chi connectivity index (χ3v) is 21.2. The summed E-state index contributed by atoms with van der Waals surface area (Å²) in [6.45, 7) is 9.65. The molecule has 0 saturated carbocycles. The fourth-order valence-corrected chi connectivity index (χ4v) is 17.4. The third kappa shape index (κ3) is 6.41. The summed E-state index contributed by atoms with van der Waals surface area (Å²) in [5.74, 6) is 0. The van der Waals surface area contributed by atoms with Crippen LogP contribution in [-0.2, 0) is 21.7 Å². The summed E-state index contributed by atoms with van der Waals surface area (Å²) in [6, 6.07) is 107. The van der Waals surface area contributed by atoms with Gasteiger partial charge in [-0.05, 0) is 172 Å². The predicted octanol–water partition coefficient (Wildman–Crippen LogP) is 22.3. The molecule has 0 atom stereocenters. The Hall–Kier alpha value is -10.7. The van der Waals surface area contributed by atoms with Crippen molar-refractivity contribution in [2.45, 2.75) is 49.4 Å². The van der Waals surface area contributed by atoms with Crippen molar-refractivity contribution in [3.63, 3.8) is 0 Å². The molecule has 0 fully saturated rings. The van der Waals surface area contributed by atoms with E-state index >= 15 is 0 Å². The smallest absolute Gasteiger partial charge is 0.144 e. The number of nitrogens with zero attached hydrogens (tertiary/aromatic N) is 1. The minimum Gasteiger partial charge on any atom is -0.456 e. The first-order valence-corrected chi connectivity index (χ1v) is 31.3. The summed E-state index contributed by atoms with van der Waals surface area (Å²) >= 11 is 0. The van der Waals surface area contributed by atoms with Crippen molar-refractivity contribution >= 4 is 60.9 Å². The number of rotatable bonds is 7. The van der Waals surface area contributed by atoms with Crippen molar-refractivity contribution in [3.8, 4) is 44.5 Å². The Morgan fingerprint density at radius 1 is 0.270 bits per heavy atom. The molecule has 3 heteroatoms. The summed E-state index contributed by atoms with van der Waals surface area (Å²) in [5.41, 5.74) is 29.9. The van der Waals surface area contributed by atoms with Crippen molar-refractivity contribution in [1.29, 1.82) is 0 Å². The van der Waals surface area contributed by atoms with Crippen LogP contribution in [-0.4, -0.2) is 0 Å². The van der Waals surface area contributed by atoms with E-state index in [1.54, 1.807) is 0 Å². The molecule has 0 unspecified atom stereocenters. The zero-order valence-electron chi connectivity index (χ0n) is 49.9. The molecule has 0 N–H and O–H groups in total. The maximum Gasteiger partial charge on any atom is 0.144 e. The SMILES string of the molecule is CC1(C)c2cc(N(c3ccccc3)c3ccc4c(c3)C(c3ccccc3)(c3ccccc3)c3c5c(c6oc7ccccc7c6c3-4)-c3ccccc3C5(c3ccccc3)c3ccccc3)ccc2-c2cc3c(cc21)-c1c(ccc2oc4ccccc4c12)C3(C)C. The van der Waals surface area contributed by atoms with Crippen molar-refractivity contribution in [3.05, 3.63) is 352 Å². The van der Waals surface area contributed by atoms with Crippen LogP contribution < -0.4 is 4.90 Å². The van der Waals surface area contributed by atoms with E-state index in [1.807, 2.05) is 0 Å². The largest absolute Gasteiger partial charge is 0.456 e. The van der Waals surface area contributed by atoms with Gasteiger partial charge >= 0.3 is 0 Å². The van der Waals surface area contributed by atoms with E-state index in [0.29, 0.717) is 0 Å². The van der Waals surface area contributed by atoms with Gasteiger partial charge in [0.15, 0.2) is 0 Å². The molecule has 0 amide bonds. The van der Waals surface area contributed by atoms with E-state index in [-0.39, 0.29) is 10.8 Å². The molecule has 0 aliphatic heterocycles. The van der Waals surface area contributed by atoms with E-state index in [1.165, 1.54) is 116 Å². The van der Waals surface area contributed by atoms with Crippen LogP contribution in [0.15, 0.2) is 294 Å². The quantitative estimate of drug-likeness (QED) is 0.159. The summed E-state index contributed by atoms with van der Waals surface area (Å²) in [4.78, 5) is 2.50. The Kier molecular flexibility index (Phi) is 10.2. The number of hydrogen-bond donors (Lipinski definition) is 0. The van der Waals surface area contributed by atoms with Gasteiger partial charge in [0.2, 0.25) is 0 Å². The number of fused-ring (bicyclic) bond motifs is 22. The lowest BCUT2D eigenvalue weighted by molar-refractivity contribution is 0.651. The second-order valence-electron chi connectivity index (χ2n) is 26.1. The molecular formula is C86H59NO2. The van der Waals surface area contributed by atoms with Gasteiger partial charge in [-0.2, -0.15) is 0 Å². The lowest BCUT2D eigenvalue weighted by Gasteiger charge is -2.41. The van der Waals surface area contributed by atoms with Crippen LogP contribution in [0.4, 0.5) is 17.1 Å². The second kappa shape index (κ2) is 17.9. The minimum atomic E-state index is -0.859. The molecule has 4 aliphatic rings. The van der Waals surface area contributed by atoms with Crippen LogP contribution in [0.25, 0.3) is 88.4 Å². The van der Waals surface area contributed by atoms with E-state index < -0.39 is 10.8 Å². The highest BCUT2D eigenvalue weighted by molar-refractivity contribution is 6.22. The number of furan rings is 2. The first-order chi connectivity index (χ1) is 43.7. The Bertz CT molecular complexity index is 5400. The van der Waals surface area contributed by atoms with Gasteiger partial charge in [-0.3, -0.25) is 0 Å². The molecule has 2 heterocycles. The molecule has 420 valence electrons. The van der Waals surface area contributed by atoms with Gasteiger partial charge in [-0.1, -0.05) is 246 Å². The molecule has 19 rings (SSSR count). The lowest BCUT2D eigenvalue weighted by Crippen LogP contribution is -2.35. The molecule has 2 aromatic heterocycles. The molecule has 4 aliphatic carbocycles. The highest BCUT2D eigenvalue weighted by atomic mass is 16.3. The van der Waals surface area contributed by atoms with Gasteiger partial charge < -0.3 is 13.7 Å². The van der Waals surface area contributed by atoms with Crippen LogP contribution in [0.2, 0.25) is 0 Å². The predicted molar refractivity (Wildman–Crippen MR) is 365 cm³/mol. The first kappa shape index (κ1) is 50.4. The van der Waals surface area contributed by atoms with E-state index in [0.717, 1.165) is 55.7 Å². The van der Waals surface area contributed by atoms with Crippen molar-refractivity contribution in [1.82, 2.24) is 0 Å². The molecule has 0 saturated heterocycles. The van der Waals surface area contributed by atoms with Crippen molar-refractivity contribution < 1.29 is 8.83 Å². The normalized spacial score (nSPS) is 15.3. The minimum absolute atomic E-state index is 0.212. The Morgan fingerprint density at radius 2 is 0.719 bits per heavy atom. The van der Waals surface area contributed by atoms with E-state index in [2.05, 4.69) is 318 Å². The molecule has 0 radical (unpaired) electrons. The molecule has 89 heavy (non-hydrogen) atoms. The fraction of sp³-hybridized carbons (Fsp3) is 0.0930. The number of hydrogen-bond acceptors (Lipinski definition) is 3. The average Bonchev–Trinajstić information content (AvgIpc) is 1.49. The lowest BCUT2D eigenvalue weighted by atomic mass is 9.60. The van der Waals surface area contributed by atoms with Crippen molar-refractivity contribution in [2.75, 3.05) is 4.90 Å². The van der Waals surface area contributed by atoms with Gasteiger partial charge in [0, 0.05) is 55.0 Å². The zero-order chi connectivity index (χ0) is 59.1. The molecule has 15 aromatic rings. The average molecular weight is 1140 g/mol. The van der Waals surface area contributed by atoms with Crippen LogP contribution in [0.1, 0.15) is 94.5 Å². The third-order valence-electron chi connectivity index (χ3n) is 21.2. The highest BCUT2D eigenvalue weighted by Crippen LogP contribution is 2.69. The van der Waals surface area contributed by atoms with Gasteiger partial charge in [-0.15, -0.1) is 0 Å². The van der Waals surface area contributed by atoms with Crippen LogP contribution in [0, 0.1) is 0 Å². The zero-order valence-corrected chi connectivity index (χ0v) is 49.9. The Balaban J connectivity index is 0.885. The standard InChI is InChI=1S/C86H59NO2/c1-83(2)67-46-47-74-76(62-37-21-24-40-72(62)88-74)75(67)65-51-69-64(50-70(65)83)59-44-42-57(48-68(59)84(69,3)4)87(56-34-18-9-19-35-56)58-43-45-61-71(49-58)86(54-30-14-7-15-31-54,55-32-16-8-17-33-55)80-77(61)78-63-38-22-25-41-73(63)89-82(78)79-60-36-20-23-39-66(60)85(81(79)80,52-26-10-5-11-27-52)53-28-12-6-13-29-53/h5-51H,1-4H3. The van der Waals surface area contributed by atoms with Crippen LogP contribution in [0.3, 0.4) is 0 Å². The van der Waals surface area contributed by atoms with Gasteiger partial charge in [0.05, 0.1) is 10.8 Å². The second-order valence-corrected chi connectivity index (χ2v) is 26.1. The monoisotopic (exact) mass is 1140 g/mol. The molecule has 0 bridgehead atoms. The van der Waals surface area contributed by atoms with Crippen LogP contribution >= 0.6 is 0 Å². The van der Waals surface area contributed by atoms with Gasteiger partial charge in [0.25, 0.3) is 0 Å². The van der Waals surface area contributed by atoms with Gasteiger partial charge in [0.1, 0.15) is 22.3 Å². The fourth-order valence-electron chi connectivity index (χ4n) is 17.4.